The maximum Gasteiger partial charge on any atom is 0.0866 e. The molecule has 0 amide bonds. The average Bonchev–Trinajstić information content (AvgIpc) is 2.15. The highest BCUT2D eigenvalue weighted by Crippen LogP contribution is 2.37. The molecule has 1 aliphatic heterocycles. The lowest BCUT2D eigenvalue weighted by Gasteiger charge is -2.32. The third-order valence-electron chi connectivity index (χ3n) is 3.19. The van der Waals surface area contributed by atoms with Gasteiger partial charge in [-0.3, -0.25) is 0 Å². The molecule has 2 nitrogen and oxygen atoms in total. The molecule has 0 saturated heterocycles. The second-order valence-electron chi connectivity index (χ2n) is 4.77. The Morgan fingerprint density at radius 1 is 1.38 bits per heavy atom. The minimum absolute atomic E-state index is 0.261. The Hall–Kier alpha value is -1.02. The highest BCUT2D eigenvalue weighted by molar-refractivity contribution is 5.59. The van der Waals surface area contributed by atoms with Crippen LogP contribution >= 0.6 is 0 Å². The van der Waals surface area contributed by atoms with E-state index < -0.39 is 0 Å². The summed E-state index contributed by atoms with van der Waals surface area (Å²) in [5.74, 6) is 0. The standard InChI is InChI=1S/C14H21NO/c1-5-16-13-8-11(4)15-12-7-9(2)6-10(3)14(12)13/h6-7,11,13,15H,5,8H2,1-4H3. The fourth-order valence-corrected chi connectivity index (χ4v) is 2.64. The zero-order valence-corrected chi connectivity index (χ0v) is 10.6. The molecule has 1 N–H and O–H groups in total. The third-order valence-corrected chi connectivity index (χ3v) is 3.19. The lowest BCUT2D eigenvalue weighted by molar-refractivity contribution is 0.0508. The molecule has 1 aliphatic rings. The molecule has 88 valence electrons. The number of aryl methyl sites for hydroxylation is 2. The SMILES string of the molecule is CCOC1CC(C)Nc2cc(C)cc(C)c21. The summed E-state index contributed by atoms with van der Waals surface area (Å²) in [5.41, 5.74) is 5.26. The Bertz CT molecular complexity index is 387. The van der Waals surface area contributed by atoms with E-state index in [1.807, 2.05) is 0 Å². The van der Waals surface area contributed by atoms with Gasteiger partial charge >= 0.3 is 0 Å². The van der Waals surface area contributed by atoms with E-state index in [1.165, 1.54) is 22.4 Å². The van der Waals surface area contributed by atoms with Crippen molar-refractivity contribution in [2.75, 3.05) is 11.9 Å². The lowest BCUT2D eigenvalue weighted by atomic mass is 9.91. The van der Waals surface area contributed by atoms with Gasteiger partial charge in [-0.2, -0.15) is 0 Å². The van der Waals surface area contributed by atoms with Crippen LogP contribution in [0.4, 0.5) is 5.69 Å². The van der Waals surface area contributed by atoms with Gasteiger partial charge in [0.05, 0.1) is 6.10 Å². The van der Waals surface area contributed by atoms with Crippen LogP contribution in [0.15, 0.2) is 12.1 Å². The summed E-state index contributed by atoms with van der Waals surface area (Å²) in [5, 5.41) is 3.55. The molecular formula is C14H21NO. The van der Waals surface area contributed by atoms with Crippen molar-refractivity contribution in [3.8, 4) is 0 Å². The third kappa shape index (κ3) is 2.07. The molecule has 1 heterocycles. The van der Waals surface area contributed by atoms with Crippen molar-refractivity contribution in [1.29, 1.82) is 0 Å². The van der Waals surface area contributed by atoms with Crippen molar-refractivity contribution in [3.05, 3.63) is 28.8 Å². The van der Waals surface area contributed by atoms with Crippen LogP contribution < -0.4 is 5.32 Å². The Morgan fingerprint density at radius 3 is 2.81 bits per heavy atom. The fraction of sp³-hybridized carbons (Fsp3) is 0.571. The molecule has 1 aromatic carbocycles. The first-order valence-electron chi connectivity index (χ1n) is 6.11. The van der Waals surface area contributed by atoms with Gasteiger partial charge in [0.25, 0.3) is 0 Å². The summed E-state index contributed by atoms with van der Waals surface area (Å²) in [6.45, 7) is 9.38. The number of rotatable bonds is 2. The predicted molar refractivity (Wildman–Crippen MR) is 68.0 cm³/mol. The first-order chi connectivity index (χ1) is 7.61. The van der Waals surface area contributed by atoms with Gasteiger partial charge in [0.1, 0.15) is 0 Å². The van der Waals surface area contributed by atoms with Crippen LogP contribution in [0, 0.1) is 13.8 Å². The maximum absolute atomic E-state index is 5.86. The zero-order chi connectivity index (χ0) is 11.7. The highest BCUT2D eigenvalue weighted by Gasteiger charge is 2.26. The summed E-state index contributed by atoms with van der Waals surface area (Å²) < 4.78 is 5.86. The quantitative estimate of drug-likeness (QED) is 0.820. The molecule has 0 saturated carbocycles. The molecule has 0 aromatic heterocycles. The Morgan fingerprint density at radius 2 is 2.12 bits per heavy atom. The number of hydrogen-bond donors (Lipinski definition) is 1. The molecule has 2 heteroatoms. The smallest absolute Gasteiger partial charge is 0.0866 e. The highest BCUT2D eigenvalue weighted by atomic mass is 16.5. The largest absolute Gasteiger partial charge is 0.382 e. The number of benzene rings is 1. The van der Waals surface area contributed by atoms with Crippen LogP contribution in [0.25, 0.3) is 0 Å². The second-order valence-corrected chi connectivity index (χ2v) is 4.77. The van der Waals surface area contributed by atoms with Gasteiger partial charge in [-0.1, -0.05) is 6.07 Å². The average molecular weight is 219 g/mol. The topological polar surface area (TPSA) is 21.3 Å². The number of fused-ring (bicyclic) bond motifs is 1. The van der Waals surface area contributed by atoms with Crippen molar-refractivity contribution < 1.29 is 4.74 Å². The van der Waals surface area contributed by atoms with Gasteiger partial charge in [0.2, 0.25) is 0 Å². The molecule has 0 bridgehead atoms. The van der Waals surface area contributed by atoms with Gasteiger partial charge in [0.15, 0.2) is 0 Å². The van der Waals surface area contributed by atoms with E-state index >= 15 is 0 Å². The summed E-state index contributed by atoms with van der Waals surface area (Å²) >= 11 is 0. The van der Waals surface area contributed by atoms with Gasteiger partial charge in [0, 0.05) is 23.9 Å². The van der Waals surface area contributed by atoms with Gasteiger partial charge < -0.3 is 10.1 Å². The van der Waals surface area contributed by atoms with E-state index in [2.05, 4.69) is 45.1 Å². The minimum Gasteiger partial charge on any atom is -0.382 e. The molecule has 16 heavy (non-hydrogen) atoms. The molecule has 2 rings (SSSR count). The van der Waals surface area contributed by atoms with Gasteiger partial charge in [-0.15, -0.1) is 0 Å². The van der Waals surface area contributed by atoms with E-state index in [-0.39, 0.29) is 6.10 Å². The van der Waals surface area contributed by atoms with E-state index in [0.717, 1.165) is 13.0 Å². The summed E-state index contributed by atoms with van der Waals surface area (Å²) in [4.78, 5) is 0. The number of hydrogen-bond acceptors (Lipinski definition) is 2. The molecule has 0 fully saturated rings. The Kier molecular flexibility index (Phi) is 3.20. The van der Waals surface area contributed by atoms with Crippen LogP contribution in [-0.4, -0.2) is 12.6 Å². The number of ether oxygens (including phenoxy) is 1. The summed E-state index contributed by atoms with van der Waals surface area (Å²) in [6, 6.07) is 4.96. The first-order valence-corrected chi connectivity index (χ1v) is 6.11. The fourth-order valence-electron chi connectivity index (χ4n) is 2.64. The molecule has 1 aromatic rings. The van der Waals surface area contributed by atoms with E-state index in [4.69, 9.17) is 4.74 Å². The second kappa shape index (κ2) is 4.46. The molecule has 0 radical (unpaired) electrons. The Balaban J connectivity index is 2.44. The molecule has 2 unspecified atom stereocenters. The molecule has 0 aliphatic carbocycles. The van der Waals surface area contributed by atoms with Crippen LogP contribution in [0.1, 0.15) is 43.1 Å². The molecule has 2 atom stereocenters. The van der Waals surface area contributed by atoms with Crippen molar-refractivity contribution >= 4 is 5.69 Å². The van der Waals surface area contributed by atoms with Crippen LogP contribution in [0.3, 0.4) is 0 Å². The van der Waals surface area contributed by atoms with Crippen LogP contribution in [-0.2, 0) is 4.74 Å². The summed E-state index contributed by atoms with van der Waals surface area (Å²) in [6.07, 6.45) is 1.32. The zero-order valence-electron chi connectivity index (χ0n) is 10.6. The normalized spacial score (nSPS) is 23.8. The van der Waals surface area contributed by atoms with E-state index in [9.17, 15) is 0 Å². The van der Waals surface area contributed by atoms with E-state index in [0.29, 0.717) is 6.04 Å². The molecular weight excluding hydrogens is 198 g/mol. The van der Waals surface area contributed by atoms with Crippen LogP contribution in [0.2, 0.25) is 0 Å². The van der Waals surface area contributed by atoms with Crippen LogP contribution in [0.5, 0.6) is 0 Å². The number of nitrogens with one attached hydrogen (secondary N) is 1. The monoisotopic (exact) mass is 219 g/mol. The maximum atomic E-state index is 5.86. The van der Waals surface area contributed by atoms with Crippen molar-refractivity contribution in [1.82, 2.24) is 0 Å². The predicted octanol–water partition coefficient (Wildman–Crippen LogP) is 3.59. The van der Waals surface area contributed by atoms with Gasteiger partial charge in [-0.25, -0.2) is 0 Å². The molecule has 0 spiro atoms. The van der Waals surface area contributed by atoms with Crippen molar-refractivity contribution in [2.45, 2.75) is 46.3 Å². The number of anilines is 1. The Labute approximate surface area is 98.0 Å². The van der Waals surface area contributed by atoms with Crippen molar-refractivity contribution in [3.63, 3.8) is 0 Å². The lowest BCUT2D eigenvalue weighted by Crippen LogP contribution is -2.27. The van der Waals surface area contributed by atoms with E-state index in [1.54, 1.807) is 0 Å². The minimum atomic E-state index is 0.261. The van der Waals surface area contributed by atoms with Crippen molar-refractivity contribution in [2.24, 2.45) is 0 Å². The van der Waals surface area contributed by atoms with Gasteiger partial charge in [-0.05, 0) is 51.3 Å². The summed E-state index contributed by atoms with van der Waals surface area (Å²) in [7, 11) is 0. The first kappa shape index (κ1) is 11.5.